The molecule has 0 spiro atoms. The molecule has 6 nitrogen and oxygen atoms in total. The summed E-state index contributed by atoms with van der Waals surface area (Å²) in [6.07, 6.45) is 4.11. The van der Waals surface area contributed by atoms with Crippen molar-refractivity contribution >= 4 is 29.2 Å². The highest BCUT2D eigenvalue weighted by Gasteiger charge is 2.16. The lowest BCUT2D eigenvalue weighted by atomic mass is 10.1. The van der Waals surface area contributed by atoms with Crippen LogP contribution in [-0.4, -0.2) is 32.1 Å². The molecule has 1 aromatic heterocycles. The maximum atomic E-state index is 11.2. The number of hydrogen-bond donors (Lipinski definition) is 2. The van der Waals surface area contributed by atoms with Gasteiger partial charge in [0.2, 0.25) is 0 Å². The number of aromatic nitrogens is 3. The van der Waals surface area contributed by atoms with E-state index in [9.17, 15) is 9.90 Å². The zero-order valence-corrected chi connectivity index (χ0v) is 14.2. The van der Waals surface area contributed by atoms with Crippen molar-refractivity contribution in [3.63, 3.8) is 0 Å². The third-order valence-electron chi connectivity index (χ3n) is 3.37. The van der Waals surface area contributed by atoms with Gasteiger partial charge < -0.3 is 5.11 Å². The van der Waals surface area contributed by atoms with Gasteiger partial charge in [-0.3, -0.25) is 10.1 Å². The number of benzene rings is 1. The SMILES string of the molecule is CCCC[C@H](NCc1cn(-c2ccc(Cl)cc2Cl)nn1)C(=O)O. The second-order valence-corrected chi connectivity index (χ2v) is 6.01. The largest absolute Gasteiger partial charge is 0.480 e. The maximum absolute atomic E-state index is 11.2. The monoisotopic (exact) mass is 356 g/mol. The summed E-state index contributed by atoms with van der Waals surface area (Å²) in [4.78, 5) is 11.2. The summed E-state index contributed by atoms with van der Waals surface area (Å²) in [6, 6.07) is 4.51. The molecule has 0 aliphatic carbocycles. The fraction of sp³-hybridized carbons (Fsp3) is 0.400. The number of nitrogens with zero attached hydrogens (tertiary/aromatic N) is 3. The highest BCUT2D eigenvalue weighted by atomic mass is 35.5. The second kappa shape index (κ2) is 8.29. The number of halogens is 2. The van der Waals surface area contributed by atoms with E-state index in [4.69, 9.17) is 23.2 Å². The van der Waals surface area contributed by atoms with Crippen LogP contribution in [0.15, 0.2) is 24.4 Å². The second-order valence-electron chi connectivity index (χ2n) is 5.16. The Morgan fingerprint density at radius 2 is 2.22 bits per heavy atom. The molecule has 0 radical (unpaired) electrons. The van der Waals surface area contributed by atoms with Crippen LogP contribution in [0.1, 0.15) is 31.9 Å². The molecule has 0 bridgehead atoms. The van der Waals surface area contributed by atoms with Crippen LogP contribution in [0.4, 0.5) is 0 Å². The Bertz CT molecular complexity index is 675. The van der Waals surface area contributed by atoms with Crippen LogP contribution in [0, 0.1) is 0 Å². The number of hydrogen-bond acceptors (Lipinski definition) is 4. The number of unbranched alkanes of at least 4 members (excludes halogenated alkanes) is 1. The summed E-state index contributed by atoms with van der Waals surface area (Å²) in [5.74, 6) is -0.855. The number of rotatable bonds is 8. The summed E-state index contributed by atoms with van der Waals surface area (Å²) in [5.41, 5.74) is 1.30. The van der Waals surface area contributed by atoms with Gasteiger partial charge in [-0.25, -0.2) is 4.68 Å². The van der Waals surface area contributed by atoms with Gasteiger partial charge in [0.1, 0.15) is 6.04 Å². The van der Waals surface area contributed by atoms with E-state index in [1.54, 1.807) is 24.4 Å². The van der Waals surface area contributed by atoms with Gasteiger partial charge in [-0.1, -0.05) is 48.2 Å². The lowest BCUT2D eigenvalue weighted by Gasteiger charge is -2.12. The van der Waals surface area contributed by atoms with Crippen molar-refractivity contribution in [3.8, 4) is 5.69 Å². The molecule has 1 heterocycles. The number of aliphatic carboxylic acids is 1. The van der Waals surface area contributed by atoms with Gasteiger partial charge in [-0.2, -0.15) is 0 Å². The lowest BCUT2D eigenvalue weighted by molar-refractivity contribution is -0.139. The average molecular weight is 357 g/mol. The molecule has 0 fully saturated rings. The Kier molecular flexibility index (Phi) is 6.38. The number of carboxylic acids is 1. The molecule has 23 heavy (non-hydrogen) atoms. The molecular formula is C15H18Cl2N4O2. The van der Waals surface area contributed by atoms with Gasteiger partial charge in [-0.15, -0.1) is 5.10 Å². The fourth-order valence-electron chi connectivity index (χ4n) is 2.11. The van der Waals surface area contributed by atoms with Gasteiger partial charge in [0.25, 0.3) is 0 Å². The van der Waals surface area contributed by atoms with Crippen molar-refractivity contribution < 1.29 is 9.90 Å². The summed E-state index contributed by atoms with van der Waals surface area (Å²) in [7, 11) is 0. The van der Waals surface area contributed by atoms with E-state index in [1.165, 1.54) is 4.68 Å². The summed E-state index contributed by atoms with van der Waals surface area (Å²) >= 11 is 12.0. The van der Waals surface area contributed by atoms with Crippen LogP contribution in [0.3, 0.4) is 0 Å². The van der Waals surface area contributed by atoms with Crippen LogP contribution < -0.4 is 5.32 Å². The van der Waals surface area contributed by atoms with Crippen molar-refractivity contribution in [3.05, 3.63) is 40.1 Å². The first-order valence-corrected chi connectivity index (χ1v) is 8.09. The third kappa shape index (κ3) is 4.92. The molecule has 0 aliphatic rings. The summed E-state index contributed by atoms with van der Waals surface area (Å²) < 4.78 is 1.54. The molecule has 0 saturated carbocycles. The van der Waals surface area contributed by atoms with Gasteiger partial charge in [0.15, 0.2) is 0 Å². The van der Waals surface area contributed by atoms with Gasteiger partial charge in [0.05, 0.1) is 22.6 Å². The molecule has 0 aliphatic heterocycles. The summed E-state index contributed by atoms with van der Waals surface area (Å²) in [6.45, 7) is 2.35. The quantitative estimate of drug-likeness (QED) is 0.758. The minimum Gasteiger partial charge on any atom is -0.480 e. The Balaban J connectivity index is 2.03. The minimum atomic E-state index is -0.855. The van der Waals surface area contributed by atoms with E-state index in [1.807, 2.05) is 6.92 Å². The first-order valence-electron chi connectivity index (χ1n) is 7.34. The van der Waals surface area contributed by atoms with Crippen molar-refractivity contribution in [2.75, 3.05) is 0 Å². The van der Waals surface area contributed by atoms with E-state index in [0.29, 0.717) is 34.4 Å². The zero-order valence-electron chi connectivity index (χ0n) is 12.7. The number of nitrogens with one attached hydrogen (secondary N) is 1. The van der Waals surface area contributed by atoms with E-state index >= 15 is 0 Å². The van der Waals surface area contributed by atoms with E-state index < -0.39 is 12.0 Å². The van der Waals surface area contributed by atoms with E-state index in [-0.39, 0.29) is 0 Å². The number of carboxylic acid groups (broad SMARTS) is 1. The average Bonchev–Trinajstić information content (AvgIpc) is 2.95. The first-order chi connectivity index (χ1) is 11.0. The smallest absolute Gasteiger partial charge is 0.320 e. The lowest BCUT2D eigenvalue weighted by Crippen LogP contribution is -2.36. The molecule has 1 atom stereocenters. The molecule has 2 aromatic rings. The van der Waals surface area contributed by atoms with Crippen LogP contribution in [0.25, 0.3) is 5.69 Å². The van der Waals surface area contributed by atoms with Crippen molar-refractivity contribution in [1.29, 1.82) is 0 Å². The van der Waals surface area contributed by atoms with Crippen molar-refractivity contribution in [2.45, 2.75) is 38.8 Å². The van der Waals surface area contributed by atoms with Gasteiger partial charge >= 0.3 is 5.97 Å². The standard InChI is InChI=1S/C15H18Cl2N4O2/c1-2-3-4-13(15(22)23)18-8-11-9-21(20-19-11)14-6-5-10(16)7-12(14)17/h5-7,9,13,18H,2-4,8H2,1H3,(H,22,23)/t13-/m0/s1. The Morgan fingerprint density at radius 3 is 2.87 bits per heavy atom. The fourth-order valence-corrected chi connectivity index (χ4v) is 2.61. The van der Waals surface area contributed by atoms with Gasteiger partial charge in [0, 0.05) is 11.6 Å². The highest BCUT2D eigenvalue weighted by molar-refractivity contribution is 6.35. The minimum absolute atomic E-state index is 0.325. The highest BCUT2D eigenvalue weighted by Crippen LogP contribution is 2.23. The Morgan fingerprint density at radius 1 is 1.43 bits per heavy atom. The molecule has 0 unspecified atom stereocenters. The molecule has 0 saturated heterocycles. The zero-order chi connectivity index (χ0) is 16.8. The molecule has 2 N–H and O–H groups in total. The normalized spacial score (nSPS) is 12.3. The predicted molar refractivity (Wildman–Crippen MR) is 89.2 cm³/mol. The molecule has 124 valence electrons. The van der Waals surface area contributed by atoms with Crippen molar-refractivity contribution in [2.24, 2.45) is 0 Å². The Hall–Kier alpha value is -1.63. The molecule has 2 rings (SSSR count). The van der Waals surface area contributed by atoms with Crippen LogP contribution >= 0.6 is 23.2 Å². The number of carbonyl (C=O) groups is 1. The molecule has 0 amide bonds. The van der Waals surface area contributed by atoms with Gasteiger partial charge in [-0.05, 0) is 24.6 Å². The topological polar surface area (TPSA) is 80.0 Å². The van der Waals surface area contributed by atoms with Crippen LogP contribution in [0.2, 0.25) is 10.0 Å². The molecule has 8 heteroatoms. The van der Waals surface area contributed by atoms with Crippen LogP contribution in [0.5, 0.6) is 0 Å². The van der Waals surface area contributed by atoms with E-state index in [0.717, 1.165) is 12.8 Å². The molecule has 1 aromatic carbocycles. The maximum Gasteiger partial charge on any atom is 0.320 e. The van der Waals surface area contributed by atoms with E-state index in [2.05, 4.69) is 15.6 Å². The predicted octanol–water partition coefficient (Wildman–Crippen LogP) is 3.31. The molecular weight excluding hydrogens is 339 g/mol. The summed E-state index contributed by atoms with van der Waals surface area (Å²) in [5, 5.41) is 21.2. The van der Waals surface area contributed by atoms with Crippen LogP contribution in [-0.2, 0) is 11.3 Å². The first kappa shape index (κ1) is 17.7. The Labute approximate surface area is 144 Å². The third-order valence-corrected chi connectivity index (χ3v) is 3.91. The van der Waals surface area contributed by atoms with Crippen molar-refractivity contribution in [1.82, 2.24) is 20.3 Å².